The molecule has 0 radical (unpaired) electrons. The Morgan fingerprint density at radius 3 is 2.71 bits per heavy atom. The van der Waals surface area contributed by atoms with E-state index in [-0.39, 0.29) is 5.91 Å². The van der Waals surface area contributed by atoms with Crippen LogP contribution in [-0.4, -0.2) is 37.9 Å². The minimum absolute atomic E-state index is 0.146. The molecule has 0 unspecified atom stereocenters. The van der Waals surface area contributed by atoms with Gasteiger partial charge < -0.3 is 20.1 Å². The maximum atomic E-state index is 12.1. The summed E-state index contributed by atoms with van der Waals surface area (Å²) in [5, 5.41) is 6.42. The Morgan fingerprint density at radius 1 is 1.14 bits per heavy atom. The molecule has 1 amide bonds. The Balaban J connectivity index is 1.58. The van der Waals surface area contributed by atoms with E-state index in [0.29, 0.717) is 25.9 Å². The van der Waals surface area contributed by atoms with E-state index < -0.39 is 6.10 Å². The molecule has 114 valence electrons. The third-order valence-corrected chi connectivity index (χ3v) is 3.96. The second kappa shape index (κ2) is 6.91. The minimum Gasteiger partial charge on any atom is -0.382 e. The molecular weight excluding hydrogens is 268 g/mol. The number of rotatable bonds is 4. The molecule has 5 heteroatoms. The van der Waals surface area contributed by atoms with Crippen LogP contribution in [0.5, 0.6) is 0 Å². The normalized spacial score (nSPS) is 23.0. The predicted octanol–water partition coefficient (Wildman–Crippen LogP) is 2.40. The highest BCUT2D eigenvalue weighted by atomic mass is 16.6. The fraction of sp³-hybridized carbons (Fsp3) is 0.562. The van der Waals surface area contributed by atoms with Gasteiger partial charge in [-0.3, -0.25) is 4.79 Å². The molecule has 1 aromatic rings. The Labute approximate surface area is 125 Å². The third kappa shape index (κ3) is 3.95. The van der Waals surface area contributed by atoms with Crippen molar-refractivity contribution < 1.29 is 14.3 Å². The highest BCUT2D eigenvalue weighted by Gasteiger charge is 2.22. The Hall–Kier alpha value is -1.59. The van der Waals surface area contributed by atoms with Crippen molar-refractivity contribution in [2.24, 2.45) is 0 Å². The average Bonchev–Trinajstić information content (AvgIpc) is 3.01. The molecule has 0 bridgehead atoms. The molecular formula is C16H22N2O3. The van der Waals surface area contributed by atoms with Gasteiger partial charge in [0.2, 0.25) is 0 Å². The van der Waals surface area contributed by atoms with Crippen LogP contribution in [0.3, 0.4) is 0 Å². The first-order chi connectivity index (χ1) is 10.3. The summed E-state index contributed by atoms with van der Waals surface area (Å²) in [6.45, 7) is 1.36. The molecule has 1 aliphatic heterocycles. The summed E-state index contributed by atoms with van der Waals surface area (Å²) in [5.74, 6) is -0.146. The summed E-state index contributed by atoms with van der Waals surface area (Å²) < 4.78 is 10.7. The van der Waals surface area contributed by atoms with Crippen LogP contribution >= 0.6 is 0 Å². The molecule has 1 aromatic carbocycles. The number of carbonyl (C=O) groups is 1. The van der Waals surface area contributed by atoms with Gasteiger partial charge in [-0.05, 0) is 31.0 Å². The van der Waals surface area contributed by atoms with E-state index in [1.54, 1.807) is 0 Å². The van der Waals surface area contributed by atoms with Crippen molar-refractivity contribution in [2.75, 3.05) is 30.5 Å². The second-order valence-electron chi connectivity index (χ2n) is 5.63. The standard InChI is InChI=1S/C16H22N2O3/c19-16(15-11-20-8-9-21-15)18-14-7-3-6-13(10-14)17-12-4-1-2-5-12/h3,6-7,10,12,15,17H,1-2,4-5,8-9,11H2,(H,18,19)/t15-/m0/s1. The Morgan fingerprint density at radius 2 is 1.95 bits per heavy atom. The summed E-state index contributed by atoms with van der Waals surface area (Å²) in [4.78, 5) is 12.1. The molecule has 1 atom stereocenters. The summed E-state index contributed by atoms with van der Waals surface area (Å²) >= 11 is 0. The summed E-state index contributed by atoms with van der Waals surface area (Å²) in [6, 6.07) is 8.41. The van der Waals surface area contributed by atoms with Crippen LogP contribution in [0.2, 0.25) is 0 Å². The van der Waals surface area contributed by atoms with Gasteiger partial charge in [0, 0.05) is 17.4 Å². The fourth-order valence-electron chi connectivity index (χ4n) is 2.85. The van der Waals surface area contributed by atoms with Gasteiger partial charge in [0.05, 0.1) is 19.8 Å². The zero-order valence-corrected chi connectivity index (χ0v) is 12.1. The topological polar surface area (TPSA) is 59.6 Å². The Kier molecular flexibility index (Phi) is 4.72. The van der Waals surface area contributed by atoms with Crippen LogP contribution in [-0.2, 0) is 14.3 Å². The molecule has 1 saturated heterocycles. The smallest absolute Gasteiger partial charge is 0.255 e. The zero-order valence-electron chi connectivity index (χ0n) is 12.1. The fourth-order valence-corrected chi connectivity index (χ4v) is 2.85. The molecule has 5 nitrogen and oxygen atoms in total. The SMILES string of the molecule is O=C(Nc1cccc(NC2CCCC2)c1)[C@@H]1COCCO1. The van der Waals surface area contributed by atoms with E-state index >= 15 is 0 Å². The molecule has 3 rings (SSSR count). The lowest BCUT2D eigenvalue weighted by Crippen LogP contribution is -2.39. The van der Waals surface area contributed by atoms with E-state index in [1.165, 1.54) is 25.7 Å². The van der Waals surface area contributed by atoms with Crippen molar-refractivity contribution in [3.05, 3.63) is 24.3 Å². The number of hydrogen-bond donors (Lipinski definition) is 2. The molecule has 2 fully saturated rings. The van der Waals surface area contributed by atoms with Gasteiger partial charge in [0.25, 0.3) is 5.91 Å². The largest absolute Gasteiger partial charge is 0.382 e. The number of carbonyl (C=O) groups excluding carboxylic acids is 1. The molecule has 1 aliphatic carbocycles. The van der Waals surface area contributed by atoms with Gasteiger partial charge in [-0.2, -0.15) is 0 Å². The van der Waals surface area contributed by atoms with Crippen LogP contribution in [0.1, 0.15) is 25.7 Å². The van der Waals surface area contributed by atoms with Gasteiger partial charge in [0.1, 0.15) is 0 Å². The van der Waals surface area contributed by atoms with Crippen LogP contribution < -0.4 is 10.6 Å². The molecule has 2 aliphatic rings. The van der Waals surface area contributed by atoms with Crippen LogP contribution in [0.4, 0.5) is 11.4 Å². The lowest BCUT2D eigenvalue weighted by molar-refractivity contribution is -0.142. The summed E-state index contributed by atoms with van der Waals surface area (Å²) in [6.07, 6.45) is 4.54. The molecule has 0 spiro atoms. The number of anilines is 2. The minimum atomic E-state index is -0.509. The van der Waals surface area contributed by atoms with Gasteiger partial charge in [-0.15, -0.1) is 0 Å². The average molecular weight is 290 g/mol. The number of benzene rings is 1. The van der Waals surface area contributed by atoms with Crippen LogP contribution in [0, 0.1) is 0 Å². The lowest BCUT2D eigenvalue weighted by atomic mass is 10.2. The van der Waals surface area contributed by atoms with Crippen molar-refractivity contribution >= 4 is 17.3 Å². The quantitative estimate of drug-likeness (QED) is 0.894. The van der Waals surface area contributed by atoms with E-state index in [4.69, 9.17) is 9.47 Å². The van der Waals surface area contributed by atoms with Crippen LogP contribution in [0.25, 0.3) is 0 Å². The van der Waals surface area contributed by atoms with E-state index in [0.717, 1.165) is 11.4 Å². The number of hydrogen-bond acceptors (Lipinski definition) is 4. The predicted molar refractivity (Wildman–Crippen MR) is 81.5 cm³/mol. The van der Waals surface area contributed by atoms with Crippen molar-refractivity contribution in [3.8, 4) is 0 Å². The highest BCUT2D eigenvalue weighted by Crippen LogP contribution is 2.24. The molecule has 2 N–H and O–H groups in total. The molecule has 21 heavy (non-hydrogen) atoms. The van der Waals surface area contributed by atoms with E-state index in [2.05, 4.69) is 10.6 Å². The van der Waals surface area contributed by atoms with E-state index in [9.17, 15) is 4.79 Å². The summed E-state index contributed by atoms with van der Waals surface area (Å²) in [7, 11) is 0. The van der Waals surface area contributed by atoms with Crippen molar-refractivity contribution in [1.82, 2.24) is 0 Å². The van der Waals surface area contributed by atoms with Crippen LogP contribution in [0.15, 0.2) is 24.3 Å². The second-order valence-corrected chi connectivity index (χ2v) is 5.63. The van der Waals surface area contributed by atoms with Crippen molar-refractivity contribution in [2.45, 2.75) is 37.8 Å². The zero-order chi connectivity index (χ0) is 14.5. The lowest BCUT2D eigenvalue weighted by Gasteiger charge is -2.22. The van der Waals surface area contributed by atoms with Crippen molar-refractivity contribution in [1.29, 1.82) is 0 Å². The maximum absolute atomic E-state index is 12.1. The molecule has 1 heterocycles. The maximum Gasteiger partial charge on any atom is 0.255 e. The first kappa shape index (κ1) is 14.4. The number of nitrogens with one attached hydrogen (secondary N) is 2. The first-order valence-corrected chi connectivity index (χ1v) is 7.68. The van der Waals surface area contributed by atoms with Crippen molar-refractivity contribution in [3.63, 3.8) is 0 Å². The number of ether oxygens (including phenoxy) is 2. The third-order valence-electron chi connectivity index (χ3n) is 3.96. The van der Waals surface area contributed by atoms with E-state index in [1.807, 2.05) is 24.3 Å². The Bertz CT molecular complexity index is 480. The first-order valence-electron chi connectivity index (χ1n) is 7.68. The number of amides is 1. The molecule has 0 aromatic heterocycles. The van der Waals surface area contributed by atoms with Gasteiger partial charge in [0.15, 0.2) is 6.10 Å². The monoisotopic (exact) mass is 290 g/mol. The molecule has 1 saturated carbocycles. The summed E-state index contributed by atoms with van der Waals surface area (Å²) in [5.41, 5.74) is 1.85. The van der Waals surface area contributed by atoms with Gasteiger partial charge >= 0.3 is 0 Å². The van der Waals surface area contributed by atoms with Gasteiger partial charge in [-0.25, -0.2) is 0 Å². The highest BCUT2D eigenvalue weighted by molar-refractivity contribution is 5.94. The van der Waals surface area contributed by atoms with Gasteiger partial charge in [-0.1, -0.05) is 18.9 Å².